The number of carbonyl (C=O) groups is 1. The van der Waals surface area contributed by atoms with Crippen LogP contribution in [0.5, 0.6) is 0 Å². The van der Waals surface area contributed by atoms with E-state index < -0.39 is 5.54 Å². The van der Waals surface area contributed by atoms with Gasteiger partial charge < -0.3 is 11.1 Å². The number of aryl methyl sites for hydroxylation is 1. The molecule has 1 heterocycles. The van der Waals surface area contributed by atoms with Gasteiger partial charge in [0.25, 0.3) is 5.91 Å². The summed E-state index contributed by atoms with van der Waals surface area (Å²) in [5.74, 6) is 0.150. The van der Waals surface area contributed by atoms with Crippen molar-refractivity contribution in [3.63, 3.8) is 0 Å². The Morgan fingerprint density at radius 2 is 2.22 bits per heavy atom. The van der Waals surface area contributed by atoms with Crippen molar-refractivity contribution in [2.75, 3.05) is 6.54 Å². The Bertz CT molecular complexity index is 405. The fraction of sp³-hybridized carbons (Fsp3) is 0.750. The molecule has 0 saturated heterocycles. The predicted molar refractivity (Wildman–Crippen MR) is 73.7 cm³/mol. The molecule has 0 aliphatic heterocycles. The van der Waals surface area contributed by atoms with E-state index >= 15 is 0 Å². The van der Waals surface area contributed by atoms with Crippen molar-refractivity contribution in [2.45, 2.75) is 46.1 Å². The van der Waals surface area contributed by atoms with Crippen molar-refractivity contribution in [1.29, 1.82) is 0 Å². The summed E-state index contributed by atoms with van der Waals surface area (Å²) in [4.78, 5) is 12.9. The molecule has 1 aromatic heterocycles. The highest BCUT2D eigenvalue weighted by Gasteiger charge is 2.30. The minimum absolute atomic E-state index is 0.116. The van der Waals surface area contributed by atoms with E-state index in [-0.39, 0.29) is 11.8 Å². The van der Waals surface area contributed by atoms with Crippen molar-refractivity contribution < 1.29 is 4.79 Å². The zero-order valence-electron chi connectivity index (χ0n) is 11.5. The second kappa shape index (κ2) is 6.24. The number of nitrogens with zero attached hydrogens (tertiary/aromatic N) is 2. The monoisotopic (exact) mass is 270 g/mol. The van der Waals surface area contributed by atoms with Crippen molar-refractivity contribution in [3.8, 4) is 0 Å². The zero-order valence-corrected chi connectivity index (χ0v) is 12.3. The van der Waals surface area contributed by atoms with Gasteiger partial charge in [-0.15, -0.1) is 5.10 Å². The van der Waals surface area contributed by atoms with Crippen LogP contribution in [0.2, 0.25) is 0 Å². The van der Waals surface area contributed by atoms with Gasteiger partial charge in [0.1, 0.15) is 4.88 Å². The summed E-state index contributed by atoms with van der Waals surface area (Å²) in [6, 6.07) is 0. The molecule has 0 fully saturated rings. The molecule has 1 rings (SSSR count). The second-order valence-corrected chi connectivity index (χ2v) is 5.78. The first-order valence-electron chi connectivity index (χ1n) is 6.28. The lowest BCUT2D eigenvalue weighted by Crippen LogP contribution is -2.55. The van der Waals surface area contributed by atoms with Gasteiger partial charge in [0, 0.05) is 6.54 Å². The maximum Gasteiger partial charge on any atom is 0.265 e. The summed E-state index contributed by atoms with van der Waals surface area (Å²) in [5.41, 5.74) is 6.15. The Morgan fingerprint density at radius 3 is 2.72 bits per heavy atom. The molecule has 1 unspecified atom stereocenters. The van der Waals surface area contributed by atoms with E-state index in [1.807, 2.05) is 20.8 Å². The highest BCUT2D eigenvalue weighted by molar-refractivity contribution is 7.08. The van der Waals surface area contributed by atoms with Crippen LogP contribution in [0.4, 0.5) is 0 Å². The van der Waals surface area contributed by atoms with E-state index in [0.29, 0.717) is 11.4 Å². The lowest BCUT2D eigenvalue weighted by Gasteiger charge is -2.33. The second-order valence-electron chi connectivity index (χ2n) is 5.03. The third-order valence-corrected chi connectivity index (χ3v) is 4.11. The van der Waals surface area contributed by atoms with E-state index in [9.17, 15) is 4.79 Å². The maximum atomic E-state index is 12.2. The molecule has 0 aromatic carbocycles. The van der Waals surface area contributed by atoms with E-state index in [1.54, 1.807) is 0 Å². The maximum absolute atomic E-state index is 12.2. The standard InChI is InChI=1S/C12H22N4OS/c1-5-6-9-10(18-16-15-9)11(17)14-12(4,7-13)8(2)3/h8H,5-7,13H2,1-4H3,(H,14,17). The lowest BCUT2D eigenvalue weighted by atomic mass is 9.88. The van der Waals surface area contributed by atoms with Crippen molar-refractivity contribution >= 4 is 17.4 Å². The van der Waals surface area contributed by atoms with Gasteiger partial charge in [0.05, 0.1) is 11.2 Å². The van der Waals surface area contributed by atoms with Gasteiger partial charge in [0.2, 0.25) is 0 Å². The van der Waals surface area contributed by atoms with Crippen LogP contribution in [-0.2, 0) is 6.42 Å². The van der Waals surface area contributed by atoms with Crippen LogP contribution in [0.15, 0.2) is 0 Å². The summed E-state index contributed by atoms with van der Waals surface area (Å²) >= 11 is 1.15. The molecular weight excluding hydrogens is 248 g/mol. The fourth-order valence-electron chi connectivity index (χ4n) is 1.53. The number of nitrogens with one attached hydrogen (secondary N) is 1. The Hall–Kier alpha value is -1.01. The number of aromatic nitrogens is 2. The first-order chi connectivity index (χ1) is 8.44. The molecule has 0 aliphatic carbocycles. The topological polar surface area (TPSA) is 80.9 Å². The van der Waals surface area contributed by atoms with Crippen LogP contribution in [0.3, 0.4) is 0 Å². The summed E-state index contributed by atoms with van der Waals surface area (Å²) in [6.07, 6.45) is 1.73. The third kappa shape index (κ3) is 3.26. The minimum atomic E-state index is -0.398. The molecule has 0 radical (unpaired) electrons. The Morgan fingerprint density at radius 1 is 1.56 bits per heavy atom. The Balaban J connectivity index is 2.84. The number of rotatable bonds is 6. The first kappa shape index (κ1) is 15.0. The summed E-state index contributed by atoms with van der Waals surface area (Å²) in [7, 11) is 0. The summed E-state index contributed by atoms with van der Waals surface area (Å²) in [6.45, 7) is 8.52. The van der Waals surface area contributed by atoms with Crippen molar-refractivity contribution in [3.05, 3.63) is 10.6 Å². The first-order valence-corrected chi connectivity index (χ1v) is 7.05. The van der Waals surface area contributed by atoms with Crippen molar-refractivity contribution in [1.82, 2.24) is 14.9 Å². The van der Waals surface area contributed by atoms with Crippen LogP contribution in [0.1, 0.15) is 49.5 Å². The third-order valence-electron chi connectivity index (χ3n) is 3.35. The van der Waals surface area contributed by atoms with Gasteiger partial charge in [-0.3, -0.25) is 4.79 Å². The molecular formula is C12H22N4OS. The Labute approximate surface area is 112 Å². The highest BCUT2D eigenvalue weighted by atomic mass is 32.1. The molecule has 1 aromatic rings. The molecule has 3 N–H and O–H groups in total. The Kier molecular flexibility index (Phi) is 5.22. The lowest BCUT2D eigenvalue weighted by molar-refractivity contribution is 0.0886. The van der Waals surface area contributed by atoms with Gasteiger partial charge in [-0.1, -0.05) is 31.7 Å². The smallest absolute Gasteiger partial charge is 0.265 e. The van der Waals surface area contributed by atoms with E-state index in [2.05, 4.69) is 21.8 Å². The van der Waals surface area contributed by atoms with Crippen LogP contribution in [0, 0.1) is 5.92 Å². The molecule has 0 spiro atoms. The highest BCUT2D eigenvalue weighted by Crippen LogP contribution is 2.18. The SMILES string of the molecule is CCCc1nnsc1C(=O)NC(C)(CN)C(C)C. The molecule has 5 nitrogen and oxygen atoms in total. The molecule has 0 aliphatic rings. The molecule has 102 valence electrons. The van der Waals surface area contributed by atoms with Gasteiger partial charge in [-0.05, 0) is 30.8 Å². The predicted octanol–water partition coefficient (Wildman–Crippen LogP) is 1.59. The van der Waals surface area contributed by atoms with Gasteiger partial charge in [0.15, 0.2) is 0 Å². The molecule has 0 saturated carbocycles. The molecule has 1 atom stereocenters. The van der Waals surface area contributed by atoms with E-state index in [4.69, 9.17) is 5.73 Å². The normalized spacial score (nSPS) is 14.6. The van der Waals surface area contributed by atoms with Crippen LogP contribution in [0.25, 0.3) is 0 Å². The largest absolute Gasteiger partial charge is 0.345 e. The van der Waals surface area contributed by atoms with Gasteiger partial charge >= 0.3 is 0 Å². The zero-order chi connectivity index (χ0) is 13.8. The average molecular weight is 270 g/mol. The number of hydrogen-bond acceptors (Lipinski definition) is 5. The summed E-state index contributed by atoms with van der Waals surface area (Å²) < 4.78 is 3.86. The van der Waals surface area contributed by atoms with Crippen LogP contribution >= 0.6 is 11.5 Å². The van der Waals surface area contributed by atoms with E-state index in [1.165, 1.54) is 0 Å². The van der Waals surface area contributed by atoms with Crippen LogP contribution < -0.4 is 11.1 Å². The number of nitrogens with two attached hydrogens (primary N) is 1. The quantitative estimate of drug-likeness (QED) is 0.822. The average Bonchev–Trinajstić information content (AvgIpc) is 2.77. The minimum Gasteiger partial charge on any atom is -0.345 e. The van der Waals surface area contributed by atoms with Gasteiger partial charge in [-0.25, -0.2) is 0 Å². The van der Waals surface area contributed by atoms with Gasteiger partial charge in [-0.2, -0.15) is 0 Å². The molecule has 0 bridgehead atoms. The number of hydrogen-bond donors (Lipinski definition) is 2. The van der Waals surface area contributed by atoms with E-state index in [0.717, 1.165) is 30.1 Å². The number of carbonyl (C=O) groups excluding carboxylic acids is 1. The number of amides is 1. The fourth-order valence-corrected chi connectivity index (χ4v) is 2.13. The van der Waals surface area contributed by atoms with Crippen molar-refractivity contribution in [2.24, 2.45) is 11.7 Å². The molecule has 6 heteroatoms. The van der Waals surface area contributed by atoms with Crippen LogP contribution in [-0.4, -0.2) is 27.6 Å². The summed E-state index contributed by atoms with van der Waals surface area (Å²) in [5, 5.41) is 7.01. The molecule has 18 heavy (non-hydrogen) atoms. The molecule has 1 amide bonds.